The Bertz CT molecular complexity index is 621. The molecule has 8 nitrogen and oxygen atoms in total. The molecule has 3 rings (SSSR count). The third kappa shape index (κ3) is 3.13. The van der Waals surface area contributed by atoms with Crippen LogP contribution < -0.4 is 10.6 Å². The maximum absolute atomic E-state index is 13.0. The Hall–Kier alpha value is -2.30. The first kappa shape index (κ1) is 14.6. The molecule has 1 saturated heterocycles. The summed E-state index contributed by atoms with van der Waals surface area (Å²) in [5, 5.41) is 18.8. The van der Waals surface area contributed by atoms with E-state index in [0.29, 0.717) is 6.54 Å². The maximum atomic E-state index is 13.0. The van der Waals surface area contributed by atoms with E-state index in [4.69, 9.17) is 0 Å². The average molecular weight is 314 g/mol. The summed E-state index contributed by atoms with van der Waals surface area (Å²) in [5.74, 6) is -0.110. The summed E-state index contributed by atoms with van der Waals surface area (Å²) in [6.45, 7) is 1.64. The molecule has 0 radical (unpaired) electrons. The van der Waals surface area contributed by atoms with Gasteiger partial charge in [0.25, 0.3) is 0 Å². The Labute approximate surface area is 122 Å². The molecule has 1 fully saturated rings. The largest absolute Gasteiger partial charge is 0.420 e. The molecule has 11 heteroatoms. The summed E-state index contributed by atoms with van der Waals surface area (Å²) < 4.78 is 39.1. The lowest BCUT2D eigenvalue weighted by Crippen LogP contribution is -2.38. The molecule has 0 spiro atoms. The van der Waals surface area contributed by atoms with Crippen molar-refractivity contribution in [1.29, 1.82) is 0 Å². The van der Waals surface area contributed by atoms with Gasteiger partial charge < -0.3 is 10.6 Å². The Morgan fingerprint density at radius 1 is 1.32 bits per heavy atom. The minimum atomic E-state index is -4.60. The van der Waals surface area contributed by atoms with Crippen molar-refractivity contribution in [3.63, 3.8) is 0 Å². The molecule has 0 bridgehead atoms. The highest BCUT2D eigenvalue weighted by molar-refractivity contribution is 5.56. The van der Waals surface area contributed by atoms with E-state index in [1.165, 1.54) is 0 Å². The zero-order valence-corrected chi connectivity index (χ0v) is 11.4. The fraction of sp³-hybridized carbons (Fsp3) is 0.545. The van der Waals surface area contributed by atoms with Crippen LogP contribution in [-0.4, -0.2) is 49.7 Å². The van der Waals surface area contributed by atoms with E-state index in [9.17, 15) is 13.2 Å². The number of halogens is 3. The zero-order chi connectivity index (χ0) is 15.6. The molecular formula is C11H13F3N8. The van der Waals surface area contributed by atoms with E-state index in [1.807, 2.05) is 0 Å². The van der Waals surface area contributed by atoms with Gasteiger partial charge in [-0.05, 0) is 24.6 Å². The highest BCUT2D eigenvalue weighted by atomic mass is 19.4. The molecule has 3 N–H and O–H groups in total. The summed E-state index contributed by atoms with van der Waals surface area (Å²) in [6, 6.07) is 0.0728. The van der Waals surface area contributed by atoms with Gasteiger partial charge in [-0.1, -0.05) is 0 Å². The van der Waals surface area contributed by atoms with Crippen LogP contribution in [0.5, 0.6) is 0 Å². The number of H-pyrrole nitrogens is 1. The lowest BCUT2D eigenvalue weighted by molar-refractivity contribution is -0.137. The molecule has 3 heterocycles. The summed E-state index contributed by atoms with van der Waals surface area (Å²) in [6.07, 6.45) is -1.98. The fourth-order valence-electron chi connectivity index (χ4n) is 2.25. The van der Waals surface area contributed by atoms with Crippen molar-refractivity contribution in [2.45, 2.75) is 25.1 Å². The van der Waals surface area contributed by atoms with Crippen molar-refractivity contribution in [3.8, 4) is 11.5 Å². The SMILES string of the molecule is FC(F)(F)c1cnc(NC2CCCNC2)nc1-c1nn[nH]n1. The third-order valence-electron chi connectivity index (χ3n) is 3.28. The van der Waals surface area contributed by atoms with Gasteiger partial charge in [-0.2, -0.15) is 18.4 Å². The smallest absolute Gasteiger partial charge is 0.350 e. The highest BCUT2D eigenvalue weighted by Crippen LogP contribution is 2.34. The second-order valence-corrected chi connectivity index (χ2v) is 4.88. The standard InChI is InChI=1S/C11H13F3N8/c12-11(13,14)7-5-16-10(17-6-2-1-3-15-4-6)18-8(7)9-19-21-22-20-9/h5-6,15H,1-4H2,(H,16,17,18)(H,19,20,21,22). The maximum Gasteiger partial charge on any atom is 0.420 e. The number of aromatic nitrogens is 6. The van der Waals surface area contributed by atoms with E-state index in [-0.39, 0.29) is 17.8 Å². The van der Waals surface area contributed by atoms with Crippen LogP contribution in [0.15, 0.2) is 6.20 Å². The lowest BCUT2D eigenvalue weighted by Gasteiger charge is -2.24. The van der Waals surface area contributed by atoms with Crippen molar-refractivity contribution in [2.24, 2.45) is 0 Å². The van der Waals surface area contributed by atoms with Crippen molar-refractivity contribution < 1.29 is 13.2 Å². The van der Waals surface area contributed by atoms with Gasteiger partial charge >= 0.3 is 6.18 Å². The monoisotopic (exact) mass is 314 g/mol. The van der Waals surface area contributed by atoms with Crippen LogP contribution in [0.2, 0.25) is 0 Å². The average Bonchev–Trinajstić information content (AvgIpc) is 3.01. The predicted molar refractivity (Wildman–Crippen MR) is 69.7 cm³/mol. The predicted octanol–water partition coefficient (Wildman–Crippen LogP) is 0.839. The van der Waals surface area contributed by atoms with E-state index < -0.39 is 17.4 Å². The van der Waals surface area contributed by atoms with Gasteiger partial charge in [0.1, 0.15) is 11.3 Å². The summed E-state index contributed by atoms with van der Waals surface area (Å²) >= 11 is 0. The van der Waals surface area contributed by atoms with Crippen molar-refractivity contribution in [1.82, 2.24) is 35.9 Å². The van der Waals surface area contributed by atoms with E-state index in [1.54, 1.807) is 0 Å². The number of hydrogen-bond donors (Lipinski definition) is 3. The van der Waals surface area contributed by atoms with Gasteiger partial charge in [0.2, 0.25) is 11.8 Å². The van der Waals surface area contributed by atoms with Crippen LogP contribution in [-0.2, 0) is 6.18 Å². The van der Waals surface area contributed by atoms with Gasteiger partial charge in [-0.25, -0.2) is 9.97 Å². The number of nitrogens with zero attached hydrogens (tertiary/aromatic N) is 5. The Morgan fingerprint density at radius 3 is 2.82 bits per heavy atom. The van der Waals surface area contributed by atoms with Gasteiger partial charge in [-0.3, -0.25) is 0 Å². The lowest BCUT2D eigenvalue weighted by atomic mass is 10.1. The van der Waals surface area contributed by atoms with Gasteiger partial charge in [0.05, 0.1) is 0 Å². The second kappa shape index (κ2) is 5.83. The first-order valence-corrected chi connectivity index (χ1v) is 6.69. The number of rotatable bonds is 3. The quantitative estimate of drug-likeness (QED) is 0.771. The van der Waals surface area contributed by atoms with Gasteiger partial charge in [0, 0.05) is 18.8 Å². The van der Waals surface area contributed by atoms with Crippen LogP contribution >= 0.6 is 0 Å². The molecule has 22 heavy (non-hydrogen) atoms. The molecule has 2 aromatic rings. The molecule has 0 saturated carbocycles. The molecule has 0 aliphatic carbocycles. The summed E-state index contributed by atoms with van der Waals surface area (Å²) in [7, 11) is 0. The van der Waals surface area contributed by atoms with Crippen molar-refractivity contribution in [2.75, 3.05) is 18.4 Å². The van der Waals surface area contributed by atoms with E-state index >= 15 is 0 Å². The van der Waals surface area contributed by atoms with E-state index in [0.717, 1.165) is 25.6 Å². The van der Waals surface area contributed by atoms with Crippen LogP contribution in [0, 0.1) is 0 Å². The van der Waals surface area contributed by atoms with Gasteiger partial charge in [-0.15, -0.1) is 10.2 Å². The molecule has 1 aliphatic heterocycles. The first-order valence-electron chi connectivity index (χ1n) is 6.69. The van der Waals surface area contributed by atoms with Crippen LogP contribution in [0.25, 0.3) is 11.5 Å². The number of alkyl halides is 3. The molecule has 1 aliphatic rings. The topological polar surface area (TPSA) is 104 Å². The number of tetrazole rings is 1. The third-order valence-corrected chi connectivity index (χ3v) is 3.28. The van der Waals surface area contributed by atoms with Crippen molar-refractivity contribution >= 4 is 5.95 Å². The Morgan fingerprint density at radius 2 is 2.18 bits per heavy atom. The number of piperidine rings is 1. The summed E-state index contributed by atoms with van der Waals surface area (Å²) in [4.78, 5) is 7.67. The number of aromatic amines is 1. The normalized spacial score (nSPS) is 19.1. The minimum Gasteiger partial charge on any atom is -0.350 e. The zero-order valence-electron chi connectivity index (χ0n) is 11.4. The number of hydrogen-bond acceptors (Lipinski definition) is 7. The molecule has 1 atom stereocenters. The van der Waals surface area contributed by atoms with Crippen LogP contribution in [0.1, 0.15) is 18.4 Å². The Kier molecular flexibility index (Phi) is 3.88. The Balaban J connectivity index is 1.92. The van der Waals surface area contributed by atoms with Crippen molar-refractivity contribution in [3.05, 3.63) is 11.8 Å². The van der Waals surface area contributed by atoms with Crippen LogP contribution in [0.4, 0.5) is 19.1 Å². The molecule has 0 aromatic carbocycles. The second-order valence-electron chi connectivity index (χ2n) is 4.88. The molecule has 118 valence electrons. The fourth-order valence-corrected chi connectivity index (χ4v) is 2.25. The highest BCUT2D eigenvalue weighted by Gasteiger charge is 2.36. The number of nitrogens with one attached hydrogen (secondary N) is 3. The molecule has 1 unspecified atom stereocenters. The molecule has 0 amide bonds. The molecular weight excluding hydrogens is 301 g/mol. The number of anilines is 1. The minimum absolute atomic E-state index is 0.0728. The van der Waals surface area contributed by atoms with Crippen LogP contribution in [0.3, 0.4) is 0 Å². The summed E-state index contributed by atoms with van der Waals surface area (Å²) in [5.41, 5.74) is -1.40. The first-order chi connectivity index (χ1) is 10.5. The molecule has 2 aromatic heterocycles. The van der Waals surface area contributed by atoms with Gasteiger partial charge in [0.15, 0.2) is 0 Å². The van der Waals surface area contributed by atoms with E-state index in [2.05, 4.69) is 41.2 Å².